The summed E-state index contributed by atoms with van der Waals surface area (Å²) in [6.45, 7) is 8.63. The molecule has 0 aromatic rings. The third-order valence-corrected chi connectivity index (χ3v) is 4.07. The van der Waals surface area contributed by atoms with Crippen LogP contribution in [0, 0.1) is 5.92 Å². The molecule has 3 unspecified atom stereocenters. The van der Waals surface area contributed by atoms with Crippen molar-refractivity contribution in [2.45, 2.75) is 51.6 Å². The summed E-state index contributed by atoms with van der Waals surface area (Å²) in [5.74, 6) is 0.948. The molecule has 82 valence electrons. The van der Waals surface area contributed by atoms with E-state index in [1.165, 1.54) is 45.3 Å². The van der Waals surface area contributed by atoms with Gasteiger partial charge < -0.3 is 10.2 Å². The third-order valence-electron chi connectivity index (χ3n) is 4.07. The highest BCUT2D eigenvalue weighted by Gasteiger charge is 2.34. The Balaban J connectivity index is 1.85. The second kappa shape index (κ2) is 4.63. The molecule has 2 nitrogen and oxygen atoms in total. The first kappa shape index (κ1) is 10.4. The fourth-order valence-electron chi connectivity index (χ4n) is 3.00. The van der Waals surface area contributed by atoms with Gasteiger partial charge in [-0.05, 0) is 44.7 Å². The van der Waals surface area contributed by atoms with Gasteiger partial charge in [-0.1, -0.05) is 13.8 Å². The Morgan fingerprint density at radius 3 is 2.64 bits per heavy atom. The Kier molecular flexibility index (Phi) is 3.45. The zero-order valence-electron chi connectivity index (χ0n) is 9.63. The minimum absolute atomic E-state index is 0.757. The summed E-state index contributed by atoms with van der Waals surface area (Å²) >= 11 is 0. The Morgan fingerprint density at radius 2 is 1.93 bits per heavy atom. The van der Waals surface area contributed by atoms with Crippen molar-refractivity contribution in [3.63, 3.8) is 0 Å². The molecule has 2 heteroatoms. The molecule has 2 rings (SSSR count). The fraction of sp³-hybridized carbons (Fsp3) is 1.00. The van der Waals surface area contributed by atoms with E-state index in [-0.39, 0.29) is 0 Å². The fourth-order valence-corrected chi connectivity index (χ4v) is 3.00. The van der Waals surface area contributed by atoms with Crippen LogP contribution in [0.15, 0.2) is 0 Å². The van der Waals surface area contributed by atoms with Crippen molar-refractivity contribution in [3.8, 4) is 0 Å². The molecule has 0 aromatic carbocycles. The maximum Gasteiger partial charge on any atom is 0.0123 e. The van der Waals surface area contributed by atoms with Crippen LogP contribution in [0.25, 0.3) is 0 Å². The molecule has 14 heavy (non-hydrogen) atoms. The summed E-state index contributed by atoms with van der Waals surface area (Å²) < 4.78 is 0. The molecule has 3 atom stereocenters. The van der Waals surface area contributed by atoms with Crippen molar-refractivity contribution in [1.82, 2.24) is 10.2 Å². The first-order valence-electron chi connectivity index (χ1n) is 6.31. The summed E-state index contributed by atoms with van der Waals surface area (Å²) in [4.78, 5) is 2.62. The molecule has 2 heterocycles. The molecule has 2 aliphatic rings. The third kappa shape index (κ3) is 2.12. The van der Waals surface area contributed by atoms with E-state index in [0.717, 1.165) is 18.0 Å². The average molecular weight is 196 g/mol. The van der Waals surface area contributed by atoms with E-state index in [0.29, 0.717) is 0 Å². The van der Waals surface area contributed by atoms with Gasteiger partial charge in [-0.15, -0.1) is 0 Å². The van der Waals surface area contributed by atoms with Gasteiger partial charge in [-0.2, -0.15) is 0 Å². The molecule has 2 bridgehead atoms. The van der Waals surface area contributed by atoms with Crippen LogP contribution in [-0.2, 0) is 0 Å². The maximum atomic E-state index is 3.86. The quantitative estimate of drug-likeness (QED) is 0.738. The Labute approximate surface area is 88.1 Å². The zero-order chi connectivity index (χ0) is 9.97. The summed E-state index contributed by atoms with van der Waals surface area (Å²) in [6.07, 6.45) is 5.37. The number of hydrogen-bond acceptors (Lipinski definition) is 2. The lowest BCUT2D eigenvalue weighted by Crippen LogP contribution is -2.47. The minimum atomic E-state index is 0.757. The first-order chi connectivity index (χ1) is 6.83. The van der Waals surface area contributed by atoms with Crippen molar-refractivity contribution in [2.24, 2.45) is 5.92 Å². The van der Waals surface area contributed by atoms with E-state index in [1.807, 2.05) is 0 Å². The highest BCUT2D eigenvalue weighted by molar-refractivity contribution is 4.91. The lowest BCUT2D eigenvalue weighted by molar-refractivity contribution is 0.207. The average Bonchev–Trinajstić information content (AvgIpc) is 2.61. The van der Waals surface area contributed by atoms with Gasteiger partial charge >= 0.3 is 0 Å². The van der Waals surface area contributed by atoms with Crippen molar-refractivity contribution >= 4 is 0 Å². The normalized spacial score (nSPS) is 36.6. The van der Waals surface area contributed by atoms with E-state index in [1.54, 1.807) is 0 Å². The molecule has 0 aromatic heterocycles. The van der Waals surface area contributed by atoms with Gasteiger partial charge in [-0.25, -0.2) is 0 Å². The number of fused-ring (bicyclic) bond motifs is 2. The van der Waals surface area contributed by atoms with Crippen LogP contribution in [-0.4, -0.2) is 36.6 Å². The van der Waals surface area contributed by atoms with Gasteiger partial charge in [0.15, 0.2) is 0 Å². The van der Waals surface area contributed by atoms with Crippen LogP contribution in [0.1, 0.15) is 39.5 Å². The van der Waals surface area contributed by atoms with Crippen LogP contribution in [0.3, 0.4) is 0 Å². The number of hydrogen-bond donors (Lipinski definition) is 1. The molecule has 2 aliphatic heterocycles. The van der Waals surface area contributed by atoms with Crippen molar-refractivity contribution < 1.29 is 0 Å². The molecule has 0 saturated carbocycles. The summed E-state index contributed by atoms with van der Waals surface area (Å²) in [5.41, 5.74) is 0. The van der Waals surface area contributed by atoms with Crippen molar-refractivity contribution in [2.75, 3.05) is 19.6 Å². The molecule has 2 saturated heterocycles. The Bertz CT molecular complexity index is 177. The SMILES string of the molecule is CCC(CC)NC1CCN2CCC1C2. The predicted molar refractivity (Wildman–Crippen MR) is 60.5 cm³/mol. The molecule has 2 fully saturated rings. The first-order valence-corrected chi connectivity index (χ1v) is 6.31. The maximum absolute atomic E-state index is 3.86. The van der Waals surface area contributed by atoms with Crippen LogP contribution in [0.5, 0.6) is 0 Å². The van der Waals surface area contributed by atoms with E-state index < -0.39 is 0 Å². The van der Waals surface area contributed by atoms with Gasteiger partial charge in [0, 0.05) is 18.6 Å². The number of piperidine rings is 1. The molecule has 0 aliphatic carbocycles. The summed E-state index contributed by atoms with van der Waals surface area (Å²) in [5, 5.41) is 3.86. The van der Waals surface area contributed by atoms with Crippen molar-refractivity contribution in [1.29, 1.82) is 0 Å². The zero-order valence-corrected chi connectivity index (χ0v) is 9.63. The van der Waals surface area contributed by atoms with Crippen molar-refractivity contribution in [3.05, 3.63) is 0 Å². The van der Waals surface area contributed by atoms with E-state index in [2.05, 4.69) is 24.1 Å². The van der Waals surface area contributed by atoms with E-state index in [9.17, 15) is 0 Å². The standard InChI is InChI=1S/C12H24N2/c1-3-11(4-2)13-12-6-8-14-7-5-10(12)9-14/h10-13H,3-9H2,1-2H3. The van der Waals surface area contributed by atoms with E-state index in [4.69, 9.17) is 0 Å². The minimum Gasteiger partial charge on any atom is -0.311 e. The summed E-state index contributed by atoms with van der Waals surface area (Å²) in [6, 6.07) is 1.57. The van der Waals surface area contributed by atoms with Gasteiger partial charge in [0.1, 0.15) is 0 Å². The highest BCUT2D eigenvalue weighted by atomic mass is 15.2. The van der Waals surface area contributed by atoms with Crippen LogP contribution in [0.2, 0.25) is 0 Å². The molecule has 0 radical (unpaired) electrons. The Hall–Kier alpha value is -0.0800. The van der Waals surface area contributed by atoms with Crippen LogP contribution < -0.4 is 5.32 Å². The number of rotatable bonds is 4. The van der Waals surface area contributed by atoms with E-state index >= 15 is 0 Å². The monoisotopic (exact) mass is 196 g/mol. The molecule has 0 amide bonds. The second-order valence-corrected chi connectivity index (χ2v) is 4.92. The number of nitrogens with one attached hydrogen (secondary N) is 1. The lowest BCUT2D eigenvalue weighted by Gasteiger charge is -2.33. The van der Waals surface area contributed by atoms with Gasteiger partial charge in [0.25, 0.3) is 0 Å². The molecule has 1 N–H and O–H groups in total. The van der Waals surface area contributed by atoms with Crippen LogP contribution in [0.4, 0.5) is 0 Å². The second-order valence-electron chi connectivity index (χ2n) is 4.92. The predicted octanol–water partition coefficient (Wildman–Crippen LogP) is 1.86. The molecular weight excluding hydrogens is 172 g/mol. The molecular formula is C12H24N2. The van der Waals surface area contributed by atoms with Gasteiger partial charge in [-0.3, -0.25) is 0 Å². The van der Waals surface area contributed by atoms with Gasteiger partial charge in [0.2, 0.25) is 0 Å². The Morgan fingerprint density at radius 1 is 1.21 bits per heavy atom. The van der Waals surface area contributed by atoms with Gasteiger partial charge in [0.05, 0.1) is 0 Å². The van der Waals surface area contributed by atoms with Crippen LogP contribution >= 0.6 is 0 Å². The largest absolute Gasteiger partial charge is 0.311 e. The smallest absolute Gasteiger partial charge is 0.0123 e. The number of nitrogens with zero attached hydrogens (tertiary/aromatic N) is 1. The highest BCUT2D eigenvalue weighted by Crippen LogP contribution is 2.27. The lowest BCUT2D eigenvalue weighted by atomic mass is 9.93. The molecule has 0 spiro atoms. The summed E-state index contributed by atoms with van der Waals surface area (Å²) in [7, 11) is 0. The topological polar surface area (TPSA) is 15.3 Å².